The molecule has 2 aromatic rings. The van der Waals surface area contributed by atoms with Crippen LogP contribution < -0.4 is 9.80 Å². The van der Waals surface area contributed by atoms with Crippen molar-refractivity contribution in [2.75, 3.05) is 36.0 Å². The Morgan fingerprint density at radius 3 is 0.758 bits per heavy atom. The van der Waals surface area contributed by atoms with Crippen molar-refractivity contribution >= 4 is 22.5 Å². The highest BCUT2D eigenvalue weighted by Crippen LogP contribution is 2.74. The minimum Gasteiger partial charge on any atom is -0.372 e. The summed E-state index contributed by atoms with van der Waals surface area (Å²) in [6, 6.07) is 30.4. The first-order valence-electron chi connectivity index (χ1n) is 22.7. The zero-order valence-electron chi connectivity index (χ0n) is 37.2. The first-order chi connectivity index (χ1) is 30.2. The number of anilines is 2. The van der Waals surface area contributed by atoms with Gasteiger partial charge in [-0.15, -0.1) is 0 Å². The number of allylic oxidation sites excluding steroid dienone is 4. The van der Waals surface area contributed by atoms with Crippen molar-refractivity contribution in [3.63, 3.8) is 0 Å². The summed E-state index contributed by atoms with van der Waals surface area (Å²) in [4.78, 5) is 4.67. The van der Waals surface area contributed by atoms with Gasteiger partial charge in [0.05, 0.1) is 48.6 Å². The van der Waals surface area contributed by atoms with E-state index >= 15 is 0 Å². The van der Waals surface area contributed by atoms with Gasteiger partial charge in [-0.05, 0) is 61.1 Å². The summed E-state index contributed by atoms with van der Waals surface area (Å²) in [6.45, 7) is 12.1. The minimum absolute atomic E-state index is 0.0170. The van der Waals surface area contributed by atoms with Gasteiger partial charge in [0.15, 0.2) is 0 Å². The van der Waals surface area contributed by atoms with Crippen LogP contribution in [0.1, 0.15) is 142 Å². The molecule has 0 aliphatic heterocycles. The van der Waals surface area contributed by atoms with Gasteiger partial charge in [0.1, 0.15) is 0 Å². The summed E-state index contributed by atoms with van der Waals surface area (Å²) in [5.74, 6) is 0. The summed E-state index contributed by atoms with van der Waals surface area (Å²) in [7, 11) is 0. The van der Waals surface area contributed by atoms with E-state index in [-0.39, 0.29) is 22.3 Å². The monoisotopic (exact) mass is 825 g/mol. The molecular formula is C52H60N10. The lowest BCUT2D eigenvalue weighted by molar-refractivity contribution is 0.337. The van der Waals surface area contributed by atoms with Crippen molar-refractivity contribution in [2.45, 2.75) is 130 Å². The van der Waals surface area contributed by atoms with E-state index in [4.69, 9.17) is 0 Å². The fraction of sp³-hybridized carbons (Fsp3) is 0.538. The maximum atomic E-state index is 10.9. The molecule has 62 heavy (non-hydrogen) atoms. The molecule has 318 valence electrons. The molecule has 0 bridgehead atoms. The smallest absolute Gasteiger partial charge is 0.205 e. The molecule has 0 spiro atoms. The van der Waals surface area contributed by atoms with Crippen LogP contribution in [0.2, 0.25) is 0 Å². The third-order valence-corrected chi connectivity index (χ3v) is 12.9. The van der Waals surface area contributed by atoms with Crippen molar-refractivity contribution in [3.8, 4) is 48.6 Å². The molecule has 0 fully saturated rings. The Bertz CT molecular complexity index is 2030. The molecule has 10 nitrogen and oxygen atoms in total. The third-order valence-electron chi connectivity index (χ3n) is 12.9. The van der Waals surface area contributed by atoms with Crippen LogP contribution in [-0.4, -0.2) is 26.2 Å². The Labute approximate surface area is 370 Å². The zero-order valence-corrected chi connectivity index (χ0v) is 37.2. The average Bonchev–Trinajstić information content (AvgIpc) is 3.30. The second-order valence-electron chi connectivity index (χ2n) is 16.7. The van der Waals surface area contributed by atoms with Crippen LogP contribution >= 0.6 is 0 Å². The van der Waals surface area contributed by atoms with E-state index < -0.39 is 21.7 Å². The summed E-state index contributed by atoms with van der Waals surface area (Å²) < 4.78 is 0. The van der Waals surface area contributed by atoms with Gasteiger partial charge in [-0.1, -0.05) is 129 Å². The lowest BCUT2D eigenvalue weighted by Crippen LogP contribution is -2.58. The highest BCUT2D eigenvalue weighted by Gasteiger charge is 2.78. The molecule has 0 unspecified atom stereocenters. The van der Waals surface area contributed by atoms with E-state index in [2.05, 4.69) is 37.5 Å². The number of unbranched alkanes of at least 4 members (excludes halogenated alkanes) is 12. The molecule has 0 amide bonds. The molecule has 0 aromatic heterocycles. The molecule has 0 heterocycles. The second-order valence-corrected chi connectivity index (χ2v) is 16.7. The third kappa shape index (κ3) is 8.51. The van der Waals surface area contributed by atoms with Crippen molar-refractivity contribution in [1.82, 2.24) is 0 Å². The molecule has 2 aliphatic rings. The van der Waals surface area contributed by atoms with Crippen molar-refractivity contribution in [2.24, 2.45) is 21.7 Å². The Balaban J connectivity index is 1.99. The Morgan fingerprint density at radius 1 is 0.323 bits per heavy atom. The second kappa shape index (κ2) is 22.3. The van der Waals surface area contributed by atoms with Gasteiger partial charge in [0.2, 0.25) is 21.7 Å². The topological polar surface area (TPSA) is 197 Å². The first-order valence-corrected chi connectivity index (χ1v) is 22.7. The minimum atomic E-state index is -2.46. The summed E-state index contributed by atoms with van der Waals surface area (Å²) in [5.41, 5.74) is -7.20. The lowest BCUT2D eigenvalue weighted by Gasteiger charge is -2.54. The molecule has 10 heteroatoms. The van der Waals surface area contributed by atoms with E-state index in [1.54, 1.807) is 24.3 Å². The van der Waals surface area contributed by atoms with E-state index in [0.717, 1.165) is 140 Å². The van der Waals surface area contributed by atoms with Crippen LogP contribution in [0, 0.1) is 112 Å². The number of benzene rings is 2. The molecular weight excluding hydrogens is 765 g/mol. The standard InChI is InChI=1S/C52H60N10/c1-5-9-13-17-29-61(30-18-14-10-6-2)43-25-21-41(22-26-43)45-47(51(37-57,38-58)49(45,33-53)34-54)48-46(50(35-55,36-56)52(48,39-59)40-60)42-23-27-44(28-24-42)62(31-19-15-11-7-3)32-20-16-12-8-4/h21-28H,5-20,29-32H2,1-4H3. The molecule has 4 rings (SSSR count). The molecule has 0 radical (unpaired) electrons. The SMILES string of the molecule is CCCCCCN(CCCCCC)c1ccc(C2=C(C3=C(c4ccc(N(CCCCCC)CCCCCC)cc4)C(C#N)(C#N)C3(C#N)C#N)C(C#N)(C#N)C2(C#N)C#N)cc1. The highest BCUT2D eigenvalue weighted by molar-refractivity contribution is 6.03. The number of nitrogens with zero attached hydrogens (tertiary/aromatic N) is 10. The number of rotatable bonds is 25. The zero-order chi connectivity index (χ0) is 45.2. The van der Waals surface area contributed by atoms with Gasteiger partial charge in [0, 0.05) is 59.8 Å². The Hall–Kier alpha value is -6.56. The van der Waals surface area contributed by atoms with E-state index in [1.807, 2.05) is 72.8 Å². The van der Waals surface area contributed by atoms with E-state index in [9.17, 15) is 42.1 Å². The quantitative estimate of drug-likeness (QED) is 0.0868. The largest absolute Gasteiger partial charge is 0.372 e. The number of hydrogen-bond donors (Lipinski definition) is 0. The Kier molecular flexibility index (Phi) is 17.3. The summed E-state index contributed by atoms with van der Waals surface area (Å²) in [5, 5.41) is 86.7. The normalized spacial score (nSPS) is 16.0. The van der Waals surface area contributed by atoms with Crippen LogP contribution in [0.3, 0.4) is 0 Å². The van der Waals surface area contributed by atoms with Gasteiger partial charge >= 0.3 is 0 Å². The maximum absolute atomic E-state index is 10.9. The van der Waals surface area contributed by atoms with Gasteiger partial charge in [-0.2, -0.15) is 42.1 Å². The van der Waals surface area contributed by atoms with Crippen LogP contribution in [0.5, 0.6) is 0 Å². The van der Waals surface area contributed by atoms with Crippen molar-refractivity contribution < 1.29 is 0 Å². The predicted molar refractivity (Wildman–Crippen MR) is 242 cm³/mol. The van der Waals surface area contributed by atoms with Crippen molar-refractivity contribution in [1.29, 1.82) is 42.1 Å². The molecule has 0 saturated carbocycles. The summed E-state index contributed by atoms with van der Waals surface area (Å²) in [6.07, 6.45) is 17.6. The van der Waals surface area contributed by atoms with Crippen LogP contribution in [-0.2, 0) is 0 Å². The first kappa shape index (κ1) is 48.1. The highest BCUT2D eigenvalue weighted by atomic mass is 15.1. The average molecular weight is 825 g/mol. The molecule has 2 aliphatic carbocycles. The lowest BCUT2D eigenvalue weighted by atomic mass is 9.37. The number of nitriles is 8. The number of hydrogen-bond acceptors (Lipinski definition) is 10. The van der Waals surface area contributed by atoms with Gasteiger partial charge in [-0.3, -0.25) is 0 Å². The Morgan fingerprint density at radius 2 is 0.548 bits per heavy atom. The van der Waals surface area contributed by atoms with Crippen LogP contribution in [0.15, 0.2) is 59.7 Å². The fourth-order valence-electron chi connectivity index (χ4n) is 9.28. The molecule has 0 saturated heterocycles. The van der Waals surface area contributed by atoms with Gasteiger partial charge in [-0.25, -0.2) is 0 Å². The molecule has 0 atom stereocenters. The molecule has 0 N–H and O–H groups in total. The predicted octanol–water partition coefficient (Wildman–Crippen LogP) is 12.0. The van der Waals surface area contributed by atoms with Crippen LogP contribution in [0.4, 0.5) is 11.4 Å². The maximum Gasteiger partial charge on any atom is 0.205 e. The van der Waals surface area contributed by atoms with Gasteiger partial charge in [0.25, 0.3) is 0 Å². The molecule has 2 aromatic carbocycles. The fourth-order valence-corrected chi connectivity index (χ4v) is 9.28. The van der Waals surface area contributed by atoms with E-state index in [0.29, 0.717) is 11.1 Å². The van der Waals surface area contributed by atoms with Crippen LogP contribution in [0.25, 0.3) is 11.1 Å². The van der Waals surface area contributed by atoms with Gasteiger partial charge < -0.3 is 9.80 Å². The van der Waals surface area contributed by atoms with Crippen molar-refractivity contribution in [3.05, 3.63) is 70.8 Å². The van der Waals surface area contributed by atoms with E-state index in [1.165, 1.54) is 0 Å². The summed E-state index contributed by atoms with van der Waals surface area (Å²) >= 11 is 0.